The van der Waals surface area contributed by atoms with Crippen LogP contribution in [-0.4, -0.2) is 31.7 Å². The lowest BCUT2D eigenvalue weighted by atomic mass is 10.1. The van der Waals surface area contributed by atoms with Crippen LogP contribution < -0.4 is 5.32 Å². The number of anilines is 1. The molecule has 152 valence electrons. The van der Waals surface area contributed by atoms with Gasteiger partial charge in [0, 0.05) is 17.3 Å². The smallest absolute Gasteiger partial charge is 0.433 e. The highest BCUT2D eigenvalue weighted by atomic mass is 19.4. The van der Waals surface area contributed by atoms with E-state index in [-0.39, 0.29) is 12.2 Å². The predicted molar refractivity (Wildman–Crippen MR) is 98.3 cm³/mol. The van der Waals surface area contributed by atoms with Crippen molar-refractivity contribution in [1.29, 1.82) is 0 Å². The molecule has 0 spiro atoms. The van der Waals surface area contributed by atoms with Gasteiger partial charge in [-0.05, 0) is 36.8 Å². The fraction of sp³-hybridized carbons (Fsp3) is 0.263. The number of fused-ring (bicyclic) bond motifs is 1. The van der Waals surface area contributed by atoms with E-state index < -0.39 is 29.7 Å². The lowest BCUT2D eigenvalue weighted by molar-refractivity contribution is -0.142. The van der Waals surface area contributed by atoms with Crippen molar-refractivity contribution in [3.05, 3.63) is 54.0 Å². The summed E-state index contributed by atoms with van der Waals surface area (Å²) in [6.07, 6.45) is -2.54. The minimum atomic E-state index is -4.64. The zero-order chi connectivity index (χ0) is 21.2. The van der Waals surface area contributed by atoms with Crippen LogP contribution in [0.3, 0.4) is 0 Å². The molecule has 2 N–H and O–H groups in total. The first kappa shape index (κ1) is 20.3. The summed E-state index contributed by atoms with van der Waals surface area (Å²) in [7, 11) is 0. The highest BCUT2D eigenvalue weighted by molar-refractivity contribution is 6.03. The van der Waals surface area contributed by atoms with Crippen LogP contribution in [-0.2, 0) is 17.5 Å². The highest BCUT2D eigenvalue weighted by Crippen LogP contribution is 2.27. The molecule has 0 aliphatic heterocycles. The predicted octanol–water partition coefficient (Wildman–Crippen LogP) is 3.81. The van der Waals surface area contributed by atoms with Crippen molar-refractivity contribution < 1.29 is 27.9 Å². The van der Waals surface area contributed by atoms with Crippen molar-refractivity contribution in [2.45, 2.75) is 26.1 Å². The number of carboxylic acids is 1. The molecule has 0 aliphatic rings. The van der Waals surface area contributed by atoms with Gasteiger partial charge >= 0.3 is 12.1 Å². The molecular formula is C19H17F3N4O3. The summed E-state index contributed by atoms with van der Waals surface area (Å²) in [5.41, 5.74) is -0.555. The maximum atomic E-state index is 12.8. The van der Waals surface area contributed by atoms with E-state index in [9.17, 15) is 22.8 Å². The van der Waals surface area contributed by atoms with E-state index in [0.717, 1.165) is 12.1 Å². The number of aliphatic carboxylic acids is 1. The molecule has 2 aromatic heterocycles. The Kier molecular flexibility index (Phi) is 5.53. The summed E-state index contributed by atoms with van der Waals surface area (Å²) in [6, 6.07) is 7.88. The molecule has 1 atom stereocenters. The average Bonchev–Trinajstić information content (AvgIpc) is 3.07. The number of benzene rings is 1. The third-order valence-corrected chi connectivity index (χ3v) is 4.33. The number of rotatable bonds is 6. The van der Waals surface area contributed by atoms with E-state index in [1.807, 2.05) is 0 Å². The van der Waals surface area contributed by atoms with Gasteiger partial charge in [-0.3, -0.25) is 14.3 Å². The first-order valence-corrected chi connectivity index (χ1v) is 8.73. The van der Waals surface area contributed by atoms with Crippen LogP contribution in [0.15, 0.2) is 42.6 Å². The van der Waals surface area contributed by atoms with E-state index >= 15 is 0 Å². The second kappa shape index (κ2) is 7.90. The van der Waals surface area contributed by atoms with Gasteiger partial charge in [0.25, 0.3) is 5.91 Å². The van der Waals surface area contributed by atoms with Crippen molar-refractivity contribution in [3.8, 4) is 0 Å². The summed E-state index contributed by atoms with van der Waals surface area (Å²) in [4.78, 5) is 26.8. The number of aromatic nitrogens is 3. The van der Waals surface area contributed by atoms with Crippen molar-refractivity contribution in [3.63, 3.8) is 0 Å². The maximum Gasteiger partial charge on any atom is 0.433 e. The van der Waals surface area contributed by atoms with Crippen LogP contribution in [0.4, 0.5) is 18.9 Å². The minimum Gasteiger partial charge on any atom is -0.481 e. The molecule has 7 nitrogen and oxygen atoms in total. The number of alkyl halides is 3. The van der Waals surface area contributed by atoms with Crippen molar-refractivity contribution in [2.24, 2.45) is 5.92 Å². The number of carbonyl (C=O) groups is 2. The third kappa shape index (κ3) is 4.71. The summed E-state index contributed by atoms with van der Waals surface area (Å²) in [5.74, 6) is -2.26. The summed E-state index contributed by atoms with van der Waals surface area (Å²) >= 11 is 0. The first-order chi connectivity index (χ1) is 13.7. The molecule has 3 rings (SSSR count). The standard InChI is InChI=1S/C19H17F3N4O3/c1-2-11(18(28)29)9-26-10-12-8-13(6-7-14(12)25-26)23-17(27)15-4-3-5-16(24-15)19(20,21)22/h3-8,10-11H,2,9H2,1H3,(H,23,27)(H,28,29). The van der Waals surface area contributed by atoms with Crippen molar-refractivity contribution >= 4 is 28.5 Å². The van der Waals surface area contributed by atoms with Gasteiger partial charge in [0.05, 0.1) is 18.0 Å². The molecule has 10 heteroatoms. The zero-order valence-electron chi connectivity index (χ0n) is 15.3. The van der Waals surface area contributed by atoms with Gasteiger partial charge in [-0.2, -0.15) is 18.3 Å². The number of carbonyl (C=O) groups excluding carboxylic acids is 1. The van der Waals surface area contributed by atoms with Crippen LogP contribution >= 0.6 is 0 Å². The number of pyridine rings is 1. The Balaban J connectivity index is 1.79. The molecule has 1 aromatic carbocycles. The molecule has 1 amide bonds. The zero-order valence-corrected chi connectivity index (χ0v) is 15.3. The van der Waals surface area contributed by atoms with Gasteiger partial charge in [0.15, 0.2) is 0 Å². The van der Waals surface area contributed by atoms with Gasteiger partial charge in [-0.25, -0.2) is 4.98 Å². The van der Waals surface area contributed by atoms with Crippen molar-refractivity contribution in [2.75, 3.05) is 5.32 Å². The summed E-state index contributed by atoms with van der Waals surface area (Å²) in [6.45, 7) is 1.98. The summed E-state index contributed by atoms with van der Waals surface area (Å²) in [5, 5.41) is 16.6. The molecule has 0 aliphatic carbocycles. The number of nitrogens with zero attached hydrogens (tertiary/aromatic N) is 3. The topological polar surface area (TPSA) is 97.1 Å². The molecule has 29 heavy (non-hydrogen) atoms. The molecule has 2 heterocycles. The van der Waals surface area contributed by atoms with Gasteiger partial charge in [-0.1, -0.05) is 13.0 Å². The number of amides is 1. The van der Waals surface area contributed by atoms with Gasteiger partial charge in [0.2, 0.25) is 0 Å². The fourth-order valence-corrected chi connectivity index (χ4v) is 2.77. The first-order valence-electron chi connectivity index (χ1n) is 8.73. The molecular weight excluding hydrogens is 389 g/mol. The lowest BCUT2D eigenvalue weighted by Crippen LogP contribution is -2.19. The monoisotopic (exact) mass is 406 g/mol. The molecule has 0 fully saturated rings. The maximum absolute atomic E-state index is 12.8. The Morgan fingerprint density at radius 3 is 2.66 bits per heavy atom. The number of hydrogen-bond acceptors (Lipinski definition) is 4. The largest absolute Gasteiger partial charge is 0.481 e. The van der Waals surface area contributed by atoms with E-state index in [1.165, 1.54) is 10.7 Å². The second-order valence-corrected chi connectivity index (χ2v) is 6.43. The minimum absolute atomic E-state index is 0.205. The lowest BCUT2D eigenvalue weighted by Gasteiger charge is -2.08. The van der Waals surface area contributed by atoms with Crippen LogP contribution in [0, 0.1) is 5.92 Å². The van der Waals surface area contributed by atoms with Gasteiger partial charge in [-0.15, -0.1) is 0 Å². The number of hydrogen-bond donors (Lipinski definition) is 2. The normalized spacial score (nSPS) is 12.7. The number of nitrogens with one attached hydrogen (secondary N) is 1. The Morgan fingerprint density at radius 2 is 2.00 bits per heavy atom. The van der Waals surface area contributed by atoms with E-state index in [2.05, 4.69) is 15.4 Å². The quantitative estimate of drug-likeness (QED) is 0.649. The molecule has 0 saturated heterocycles. The molecule has 1 unspecified atom stereocenters. The molecule has 0 bridgehead atoms. The SMILES string of the molecule is CCC(Cn1cc2cc(NC(=O)c3cccc(C(F)(F)F)n3)ccc2n1)C(=O)O. The Morgan fingerprint density at radius 1 is 1.24 bits per heavy atom. The highest BCUT2D eigenvalue weighted by Gasteiger charge is 2.32. The Labute approximate surface area is 163 Å². The van der Waals surface area contributed by atoms with Crippen LogP contribution in [0.1, 0.15) is 29.5 Å². The number of halogens is 3. The molecule has 0 saturated carbocycles. The third-order valence-electron chi connectivity index (χ3n) is 4.33. The molecule has 0 radical (unpaired) electrons. The van der Waals surface area contributed by atoms with E-state index in [0.29, 0.717) is 23.0 Å². The fourth-order valence-electron chi connectivity index (χ4n) is 2.77. The van der Waals surface area contributed by atoms with E-state index in [4.69, 9.17) is 5.11 Å². The second-order valence-electron chi connectivity index (χ2n) is 6.43. The Hall–Kier alpha value is -3.43. The van der Waals surface area contributed by atoms with Crippen LogP contribution in [0.25, 0.3) is 10.9 Å². The van der Waals surface area contributed by atoms with Crippen LogP contribution in [0.5, 0.6) is 0 Å². The summed E-state index contributed by atoms with van der Waals surface area (Å²) < 4.78 is 39.8. The Bertz CT molecular complexity index is 1060. The number of carboxylic acid groups (broad SMARTS) is 1. The van der Waals surface area contributed by atoms with Crippen molar-refractivity contribution in [1.82, 2.24) is 14.8 Å². The average molecular weight is 406 g/mol. The van der Waals surface area contributed by atoms with Crippen LogP contribution in [0.2, 0.25) is 0 Å². The van der Waals surface area contributed by atoms with Gasteiger partial charge < -0.3 is 10.4 Å². The molecule has 3 aromatic rings. The van der Waals surface area contributed by atoms with Gasteiger partial charge in [0.1, 0.15) is 11.4 Å². The van der Waals surface area contributed by atoms with E-state index in [1.54, 1.807) is 31.3 Å².